The molecule has 6 nitrogen and oxygen atoms in total. The van der Waals surface area contributed by atoms with E-state index in [0.717, 1.165) is 0 Å². The molecule has 19 heavy (non-hydrogen) atoms. The van der Waals surface area contributed by atoms with E-state index in [0.29, 0.717) is 0 Å². The molecular formula is C13H22O6. The minimum atomic E-state index is -1.47. The Morgan fingerprint density at radius 2 is 1.47 bits per heavy atom. The normalized spacial score (nSPS) is 12.5. The summed E-state index contributed by atoms with van der Waals surface area (Å²) >= 11 is 0. The van der Waals surface area contributed by atoms with Gasteiger partial charge in [-0.05, 0) is 27.7 Å². The van der Waals surface area contributed by atoms with Crippen LogP contribution in [-0.4, -0.2) is 37.2 Å². The van der Waals surface area contributed by atoms with Gasteiger partial charge in [0.15, 0.2) is 5.41 Å². The van der Waals surface area contributed by atoms with E-state index < -0.39 is 29.4 Å². The number of esters is 3. The van der Waals surface area contributed by atoms with E-state index in [1.165, 1.54) is 13.8 Å². The van der Waals surface area contributed by atoms with Crippen LogP contribution in [0.1, 0.15) is 41.0 Å². The van der Waals surface area contributed by atoms with Crippen LogP contribution in [0.2, 0.25) is 0 Å². The number of hydrogen-bond donors (Lipinski definition) is 0. The van der Waals surface area contributed by atoms with Crippen molar-refractivity contribution >= 4 is 17.9 Å². The van der Waals surface area contributed by atoms with Crippen LogP contribution in [0.15, 0.2) is 0 Å². The van der Waals surface area contributed by atoms with E-state index in [-0.39, 0.29) is 19.6 Å². The number of ether oxygens (including phenoxy) is 3. The molecular weight excluding hydrogens is 252 g/mol. The highest BCUT2D eigenvalue weighted by Gasteiger charge is 2.45. The average molecular weight is 274 g/mol. The van der Waals surface area contributed by atoms with Crippen LogP contribution in [0.5, 0.6) is 0 Å². The Kier molecular flexibility index (Phi) is 7.11. The molecule has 1 unspecified atom stereocenters. The topological polar surface area (TPSA) is 78.9 Å². The molecule has 0 aromatic carbocycles. The molecule has 0 aromatic rings. The largest absolute Gasteiger partial charge is 0.465 e. The van der Waals surface area contributed by atoms with Crippen LogP contribution in [-0.2, 0) is 28.6 Å². The maximum atomic E-state index is 11.9. The Bertz CT molecular complexity index is 318. The van der Waals surface area contributed by atoms with Gasteiger partial charge in [0, 0.05) is 13.3 Å². The van der Waals surface area contributed by atoms with Crippen molar-refractivity contribution in [3.05, 3.63) is 0 Å². The van der Waals surface area contributed by atoms with E-state index in [2.05, 4.69) is 0 Å². The molecule has 1 atom stereocenters. The maximum absolute atomic E-state index is 11.9. The van der Waals surface area contributed by atoms with Gasteiger partial charge in [-0.25, -0.2) is 0 Å². The first kappa shape index (κ1) is 17.4. The van der Waals surface area contributed by atoms with Gasteiger partial charge >= 0.3 is 17.9 Å². The monoisotopic (exact) mass is 274 g/mol. The lowest BCUT2D eigenvalue weighted by Crippen LogP contribution is -2.42. The second-order valence-electron chi connectivity index (χ2n) is 4.40. The fourth-order valence-electron chi connectivity index (χ4n) is 1.73. The molecule has 0 rings (SSSR count). The summed E-state index contributed by atoms with van der Waals surface area (Å²) in [5.41, 5.74) is -1.47. The Labute approximate surface area is 113 Å². The molecule has 0 aromatic heterocycles. The molecule has 0 aliphatic carbocycles. The molecule has 0 radical (unpaired) electrons. The lowest BCUT2D eigenvalue weighted by atomic mass is 9.84. The molecule has 0 bridgehead atoms. The predicted octanol–water partition coefficient (Wildman–Crippen LogP) is 1.46. The number of rotatable bonds is 7. The summed E-state index contributed by atoms with van der Waals surface area (Å²) in [6, 6.07) is 0. The van der Waals surface area contributed by atoms with Crippen molar-refractivity contribution in [2.75, 3.05) is 13.2 Å². The minimum absolute atomic E-state index is 0.0181. The van der Waals surface area contributed by atoms with Crippen molar-refractivity contribution in [1.29, 1.82) is 0 Å². The molecule has 0 aliphatic rings. The van der Waals surface area contributed by atoms with Crippen molar-refractivity contribution in [3.63, 3.8) is 0 Å². The third kappa shape index (κ3) is 5.28. The van der Waals surface area contributed by atoms with Crippen molar-refractivity contribution in [2.45, 2.75) is 47.1 Å². The third-order valence-corrected chi connectivity index (χ3v) is 2.51. The highest BCUT2D eigenvalue weighted by molar-refractivity contribution is 5.99. The van der Waals surface area contributed by atoms with E-state index in [9.17, 15) is 14.4 Å². The lowest BCUT2D eigenvalue weighted by molar-refractivity contribution is -0.175. The summed E-state index contributed by atoms with van der Waals surface area (Å²) < 4.78 is 14.7. The molecule has 0 heterocycles. The molecule has 0 aliphatic heterocycles. The van der Waals surface area contributed by atoms with Crippen LogP contribution in [0, 0.1) is 5.41 Å². The molecule has 0 amide bonds. The highest BCUT2D eigenvalue weighted by Crippen LogP contribution is 2.28. The fraction of sp³-hybridized carbons (Fsp3) is 0.769. The lowest BCUT2D eigenvalue weighted by Gasteiger charge is -2.27. The summed E-state index contributed by atoms with van der Waals surface area (Å²) in [7, 11) is 0. The minimum Gasteiger partial charge on any atom is -0.465 e. The van der Waals surface area contributed by atoms with Gasteiger partial charge in [-0.15, -0.1) is 0 Å². The van der Waals surface area contributed by atoms with Gasteiger partial charge in [0.25, 0.3) is 0 Å². The zero-order chi connectivity index (χ0) is 15.1. The van der Waals surface area contributed by atoms with Crippen LogP contribution < -0.4 is 0 Å². The predicted molar refractivity (Wildman–Crippen MR) is 67.2 cm³/mol. The first-order valence-electron chi connectivity index (χ1n) is 6.29. The van der Waals surface area contributed by atoms with Crippen LogP contribution in [0.25, 0.3) is 0 Å². The highest BCUT2D eigenvalue weighted by atomic mass is 16.6. The number of carbonyl (C=O) groups excluding carboxylic acids is 3. The fourth-order valence-corrected chi connectivity index (χ4v) is 1.73. The zero-order valence-electron chi connectivity index (χ0n) is 12.1. The van der Waals surface area contributed by atoms with Gasteiger partial charge in [0.05, 0.1) is 13.2 Å². The summed E-state index contributed by atoms with van der Waals surface area (Å²) in [5.74, 6) is -1.82. The van der Waals surface area contributed by atoms with E-state index in [1.807, 2.05) is 0 Å². The molecule has 110 valence electrons. The second-order valence-corrected chi connectivity index (χ2v) is 4.40. The van der Waals surface area contributed by atoms with E-state index in [1.54, 1.807) is 20.8 Å². The molecule has 0 spiro atoms. The SMILES string of the molecule is CCOC(=O)C(C)(CC(C)OC(C)=O)C(=O)OCC. The van der Waals surface area contributed by atoms with Crippen molar-refractivity contribution in [1.82, 2.24) is 0 Å². The average Bonchev–Trinajstić information content (AvgIpc) is 2.28. The summed E-state index contributed by atoms with van der Waals surface area (Å²) in [6.07, 6.45) is -0.569. The standard InChI is InChI=1S/C13H22O6/c1-6-17-11(15)13(5,12(16)18-7-2)8-9(3)19-10(4)14/h9H,6-8H2,1-5H3. The maximum Gasteiger partial charge on any atom is 0.323 e. The summed E-state index contributed by atoms with van der Waals surface area (Å²) in [5, 5.41) is 0. The zero-order valence-corrected chi connectivity index (χ0v) is 12.1. The van der Waals surface area contributed by atoms with Gasteiger partial charge in [-0.3, -0.25) is 14.4 Å². The van der Waals surface area contributed by atoms with Gasteiger partial charge in [-0.2, -0.15) is 0 Å². The van der Waals surface area contributed by atoms with Gasteiger partial charge in [-0.1, -0.05) is 0 Å². The molecule has 0 saturated heterocycles. The quantitative estimate of drug-likeness (QED) is 0.397. The van der Waals surface area contributed by atoms with E-state index >= 15 is 0 Å². The smallest absolute Gasteiger partial charge is 0.323 e. The third-order valence-electron chi connectivity index (χ3n) is 2.51. The van der Waals surface area contributed by atoms with Crippen molar-refractivity contribution in [3.8, 4) is 0 Å². The Balaban J connectivity index is 4.99. The second kappa shape index (κ2) is 7.76. The number of hydrogen-bond acceptors (Lipinski definition) is 6. The summed E-state index contributed by atoms with van der Waals surface area (Å²) in [6.45, 7) is 7.94. The first-order chi connectivity index (χ1) is 8.77. The first-order valence-corrected chi connectivity index (χ1v) is 6.29. The molecule has 6 heteroatoms. The van der Waals surface area contributed by atoms with Crippen LogP contribution >= 0.6 is 0 Å². The molecule has 0 saturated carbocycles. The van der Waals surface area contributed by atoms with Gasteiger partial charge in [0.2, 0.25) is 0 Å². The van der Waals surface area contributed by atoms with Crippen LogP contribution in [0.4, 0.5) is 0 Å². The molecule has 0 N–H and O–H groups in total. The Morgan fingerprint density at radius 3 is 1.79 bits per heavy atom. The number of carbonyl (C=O) groups is 3. The Hall–Kier alpha value is -1.59. The van der Waals surface area contributed by atoms with Crippen molar-refractivity contribution in [2.24, 2.45) is 5.41 Å². The van der Waals surface area contributed by atoms with Crippen molar-refractivity contribution < 1.29 is 28.6 Å². The molecule has 0 fully saturated rings. The Morgan fingerprint density at radius 1 is 1.05 bits per heavy atom. The van der Waals surface area contributed by atoms with E-state index in [4.69, 9.17) is 14.2 Å². The van der Waals surface area contributed by atoms with Gasteiger partial charge < -0.3 is 14.2 Å². The van der Waals surface area contributed by atoms with Crippen LogP contribution in [0.3, 0.4) is 0 Å². The van der Waals surface area contributed by atoms with Gasteiger partial charge in [0.1, 0.15) is 6.10 Å². The summed E-state index contributed by atoms with van der Waals surface area (Å²) in [4.78, 5) is 34.8.